The van der Waals surface area contributed by atoms with E-state index in [4.69, 9.17) is 0 Å². The van der Waals surface area contributed by atoms with Gasteiger partial charge in [0.25, 0.3) is 0 Å². The number of hydrogen-bond acceptors (Lipinski definition) is 3. The van der Waals surface area contributed by atoms with Gasteiger partial charge in [0, 0.05) is 11.3 Å². The van der Waals surface area contributed by atoms with Crippen LogP contribution < -0.4 is 0 Å². The largest absolute Gasteiger partial charge is 0.211 e. The quantitative estimate of drug-likeness (QED) is 0.680. The van der Waals surface area contributed by atoms with Gasteiger partial charge in [0.1, 0.15) is 4.60 Å². The summed E-state index contributed by atoms with van der Waals surface area (Å²) in [6.07, 6.45) is 0.797. The van der Waals surface area contributed by atoms with Crippen molar-refractivity contribution in [2.24, 2.45) is 0 Å². The van der Waals surface area contributed by atoms with E-state index in [0.717, 1.165) is 22.5 Å². The second-order valence-electron chi connectivity index (χ2n) is 3.40. The van der Waals surface area contributed by atoms with Gasteiger partial charge in [-0.3, -0.25) is 0 Å². The molecule has 3 aromatic rings. The van der Waals surface area contributed by atoms with E-state index < -0.39 is 0 Å². The monoisotopic (exact) mass is 293 g/mol. The van der Waals surface area contributed by atoms with Crippen LogP contribution in [0.4, 0.5) is 0 Å². The maximum absolute atomic E-state index is 4.48. The maximum atomic E-state index is 4.48. The number of hydrogen-bond donors (Lipinski definition) is 0. The molecule has 0 aliphatic carbocycles. The Bertz CT molecular complexity index is 615. The topological polar surface area (TPSA) is 30.2 Å². The van der Waals surface area contributed by atoms with E-state index in [-0.39, 0.29) is 0 Å². The van der Waals surface area contributed by atoms with Crippen LogP contribution in [0, 0.1) is 0 Å². The van der Waals surface area contributed by atoms with Crippen LogP contribution in [0.25, 0.3) is 5.65 Å². The Kier molecular flexibility index (Phi) is 2.49. The first-order valence-corrected chi connectivity index (χ1v) is 6.53. The summed E-state index contributed by atoms with van der Waals surface area (Å²) in [5.41, 5.74) is 0.876. The SMILES string of the molecule is Brc1cccc2nc(Cc3cccs3)nn12. The lowest BCUT2D eigenvalue weighted by Gasteiger charge is -1.92. The Labute approximate surface area is 105 Å². The second kappa shape index (κ2) is 3.99. The van der Waals surface area contributed by atoms with E-state index in [1.165, 1.54) is 4.88 Å². The third-order valence-electron chi connectivity index (χ3n) is 2.27. The predicted molar refractivity (Wildman–Crippen MR) is 67.8 cm³/mol. The van der Waals surface area contributed by atoms with Gasteiger partial charge in [-0.1, -0.05) is 12.1 Å². The molecule has 3 aromatic heterocycles. The molecule has 0 atom stereocenters. The van der Waals surface area contributed by atoms with Gasteiger partial charge in [-0.25, -0.2) is 9.50 Å². The molecule has 0 aliphatic rings. The van der Waals surface area contributed by atoms with Gasteiger partial charge in [0.05, 0.1) is 0 Å². The zero-order valence-corrected chi connectivity index (χ0v) is 10.7. The molecule has 0 N–H and O–H groups in total. The first kappa shape index (κ1) is 9.99. The molecule has 0 spiro atoms. The Balaban J connectivity index is 2.02. The van der Waals surface area contributed by atoms with Crippen LogP contribution in [-0.4, -0.2) is 14.6 Å². The van der Waals surface area contributed by atoms with Crippen molar-refractivity contribution in [3.8, 4) is 0 Å². The minimum absolute atomic E-state index is 0.797. The first-order chi connectivity index (χ1) is 7.83. The highest BCUT2D eigenvalue weighted by molar-refractivity contribution is 9.10. The summed E-state index contributed by atoms with van der Waals surface area (Å²) >= 11 is 5.18. The van der Waals surface area contributed by atoms with Crippen molar-refractivity contribution in [1.29, 1.82) is 0 Å². The van der Waals surface area contributed by atoms with Gasteiger partial charge in [0.15, 0.2) is 11.5 Å². The molecule has 3 nitrogen and oxygen atoms in total. The third kappa shape index (κ3) is 1.76. The molecule has 0 saturated carbocycles. The zero-order chi connectivity index (χ0) is 11.0. The number of fused-ring (bicyclic) bond motifs is 1. The van der Waals surface area contributed by atoms with Crippen LogP contribution >= 0.6 is 27.3 Å². The highest BCUT2D eigenvalue weighted by Crippen LogP contribution is 2.15. The molecule has 0 aliphatic heterocycles. The van der Waals surface area contributed by atoms with E-state index in [0.29, 0.717) is 0 Å². The molecule has 0 bridgehead atoms. The number of pyridine rings is 1. The summed E-state index contributed by atoms with van der Waals surface area (Å²) < 4.78 is 2.73. The van der Waals surface area contributed by atoms with Gasteiger partial charge in [0.2, 0.25) is 0 Å². The number of halogens is 1. The van der Waals surface area contributed by atoms with Crippen LogP contribution in [-0.2, 0) is 6.42 Å². The molecule has 80 valence electrons. The molecule has 16 heavy (non-hydrogen) atoms. The molecular formula is C11H8BrN3S. The van der Waals surface area contributed by atoms with Crippen molar-refractivity contribution in [2.45, 2.75) is 6.42 Å². The molecule has 0 fully saturated rings. The molecule has 0 unspecified atom stereocenters. The Hall–Kier alpha value is -1.20. The van der Waals surface area contributed by atoms with E-state index in [9.17, 15) is 0 Å². The van der Waals surface area contributed by atoms with Crippen molar-refractivity contribution in [2.75, 3.05) is 0 Å². The van der Waals surface area contributed by atoms with Crippen molar-refractivity contribution < 1.29 is 0 Å². The van der Waals surface area contributed by atoms with Gasteiger partial charge in [-0.2, -0.15) is 0 Å². The lowest BCUT2D eigenvalue weighted by Crippen LogP contribution is -1.91. The van der Waals surface area contributed by atoms with Crippen molar-refractivity contribution >= 4 is 32.9 Å². The fraction of sp³-hybridized carbons (Fsp3) is 0.0909. The smallest absolute Gasteiger partial charge is 0.156 e. The predicted octanol–water partition coefficient (Wildman–Crippen LogP) is 3.14. The van der Waals surface area contributed by atoms with Gasteiger partial charge < -0.3 is 0 Å². The van der Waals surface area contributed by atoms with Crippen LogP contribution in [0.2, 0.25) is 0 Å². The molecule has 5 heteroatoms. The molecule has 0 amide bonds. The van der Waals surface area contributed by atoms with E-state index in [2.05, 4.69) is 37.5 Å². The average Bonchev–Trinajstić information content (AvgIpc) is 2.88. The highest BCUT2D eigenvalue weighted by Gasteiger charge is 2.06. The molecule has 3 heterocycles. The minimum Gasteiger partial charge on any atom is -0.211 e. The van der Waals surface area contributed by atoms with E-state index >= 15 is 0 Å². The lowest BCUT2D eigenvalue weighted by molar-refractivity contribution is 0.887. The van der Waals surface area contributed by atoms with Crippen LogP contribution in [0.3, 0.4) is 0 Å². The zero-order valence-electron chi connectivity index (χ0n) is 8.30. The normalized spacial score (nSPS) is 11.1. The van der Waals surface area contributed by atoms with Crippen LogP contribution in [0.15, 0.2) is 40.3 Å². The summed E-state index contributed by atoms with van der Waals surface area (Å²) in [6, 6.07) is 10.0. The van der Waals surface area contributed by atoms with Crippen molar-refractivity contribution in [3.63, 3.8) is 0 Å². The summed E-state index contributed by atoms with van der Waals surface area (Å²) in [7, 11) is 0. The summed E-state index contributed by atoms with van der Waals surface area (Å²) in [5, 5.41) is 6.52. The van der Waals surface area contributed by atoms with Gasteiger partial charge >= 0.3 is 0 Å². The maximum Gasteiger partial charge on any atom is 0.156 e. The summed E-state index contributed by atoms with van der Waals surface area (Å²) in [6.45, 7) is 0. The Morgan fingerprint density at radius 2 is 2.19 bits per heavy atom. The Morgan fingerprint density at radius 3 is 2.94 bits per heavy atom. The number of aromatic nitrogens is 3. The van der Waals surface area contributed by atoms with Gasteiger partial charge in [-0.15, -0.1) is 16.4 Å². The first-order valence-electron chi connectivity index (χ1n) is 4.85. The minimum atomic E-state index is 0.797. The van der Waals surface area contributed by atoms with E-state index in [1.54, 1.807) is 11.3 Å². The molecular weight excluding hydrogens is 286 g/mol. The molecule has 0 aromatic carbocycles. The Morgan fingerprint density at radius 1 is 1.25 bits per heavy atom. The molecule has 0 saturated heterocycles. The van der Waals surface area contributed by atoms with Crippen LogP contribution in [0.1, 0.15) is 10.7 Å². The molecule has 3 rings (SSSR count). The standard InChI is InChI=1S/C11H8BrN3S/c12-9-4-1-5-11-13-10(14-15(9)11)7-8-3-2-6-16-8/h1-6H,7H2. The number of nitrogens with zero attached hydrogens (tertiary/aromatic N) is 3. The fourth-order valence-electron chi connectivity index (χ4n) is 1.56. The fourth-order valence-corrected chi connectivity index (χ4v) is 2.68. The number of rotatable bonds is 2. The van der Waals surface area contributed by atoms with Crippen molar-refractivity contribution in [3.05, 3.63) is 51.0 Å². The lowest BCUT2D eigenvalue weighted by atomic mass is 10.3. The van der Waals surface area contributed by atoms with Crippen LogP contribution in [0.5, 0.6) is 0 Å². The summed E-state index contributed by atoms with van der Waals surface area (Å²) in [5.74, 6) is 0.856. The highest BCUT2D eigenvalue weighted by atomic mass is 79.9. The average molecular weight is 294 g/mol. The summed E-state index contributed by atoms with van der Waals surface area (Å²) in [4.78, 5) is 5.76. The third-order valence-corrected chi connectivity index (χ3v) is 3.75. The molecule has 0 radical (unpaired) electrons. The van der Waals surface area contributed by atoms with Gasteiger partial charge in [-0.05, 0) is 39.5 Å². The van der Waals surface area contributed by atoms with E-state index in [1.807, 2.05) is 28.8 Å². The van der Waals surface area contributed by atoms with Crippen molar-refractivity contribution in [1.82, 2.24) is 14.6 Å². The number of thiophene rings is 1. The second-order valence-corrected chi connectivity index (χ2v) is 5.25.